The molecule has 0 unspecified atom stereocenters. The summed E-state index contributed by atoms with van der Waals surface area (Å²) in [5, 5.41) is 0.535. The molecule has 0 fully saturated rings. The second-order valence-electron chi connectivity index (χ2n) is 6.13. The second-order valence-corrected chi connectivity index (χ2v) is 6.13. The average molecular weight is 357 g/mol. The van der Waals surface area contributed by atoms with E-state index in [1.807, 2.05) is 36.4 Å². The number of nitrogens with zero attached hydrogens (tertiary/aromatic N) is 3. The largest absolute Gasteiger partial charge is 0.288 e. The van der Waals surface area contributed by atoms with Crippen LogP contribution in [-0.4, -0.2) is 14.5 Å². The average Bonchev–Trinajstić information content (AvgIpc) is 2.70. The van der Waals surface area contributed by atoms with E-state index in [1.165, 1.54) is 12.1 Å². The maximum Gasteiger partial charge on any atom is 0.261 e. The number of para-hydroxylation sites is 1. The van der Waals surface area contributed by atoms with Gasteiger partial charge in [0.05, 0.1) is 17.4 Å². The van der Waals surface area contributed by atoms with Crippen molar-refractivity contribution in [3.63, 3.8) is 0 Å². The highest BCUT2D eigenvalue weighted by atomic mass is 19.1. The summed E-state index contributed by atoms with van der Waals surface area (Å²) in [5.41, 5.74) is 2.07. The summed E-state index contributed by atoms with van der Waals surface area (Å²) in [6, 6.07) is 17.2. The third-order valence-corrected chi connectivity index (χ3v) is 4.23. The number of benzene rings is 2. The molecule has 0 aliphatic heterocycles. The molecule has 0 radical (unpaired) electrons. The van der Waals surface area contributed by atoms with Crippen LogP contribution in [0.1, 0.15) is 17.0 Å². The van der Waals surface area contributed by atoms with Crippen LogP contribution in [0.5, 0.6) is 0 Å². The van der Waals surface area contributed by atoms with Gasteiger partial charge in [0, 0.05) is 12.4 Å². The molecule has 4 nitrogen and oxygen atoms in total. The fraction of sp³-hybridized carbons (Fsp3) is 0.0455. The standard InChI is InChI=1S/C22H16FN3O/c23-18-7-3-5-17(13-18)15-26-21(11-10-16-6-4-12-24-14-16)25-20-9-2-1-8-19(20)22(26)27/h1-14H,15H2/b11-10+. The van der Waals surface area contributed by atoms with Crippen LogP contribution in [0.25, 0.3) is 23.1 Å². The summed E-state index contributed by atoms with van der Waals surface area (Å²) in [7, 11) is 0. The molecule has 0 saturated heterocycles. The van der Waals surface area contributed by atoms with E-state index < -0.39 is 0 Å². The number of rotatable bonds is 4. The summed E-state index contributed by atoms with van der Waals surface area (Å²) in [5.74, 6) is 0.175. The van der Waals surface area contributed by atoms with Crippen molar-refractivity contribution < 1.29 is 4.39 Å². The molecule has 132 valence electrons. The van der Waals surface area contributed by atoms with E-state index in [2.05, 4.69) is 9.97 Å². The molecule has 0 saturated carbocycles. The van der Waals surface area contributed by atoms with E-state index in [-0.39, 0.29) is 17.9 Å². The van der Waals surface area contributed by atoms with Gasteiger partial charge in [-0.05, 0) is 53.6 Å². The molecule has 0 aliphatic rings. The number of pyridine rings is 1. The SMILES string of the molecule is O=c1c2ccccc2nc(/C=C/c2cccnc2)n1Cc1cccc(F)c1. The first-order valence-corrected chi connectivity index (χ1v) is 8.53. The van der Waals surface area contributed by atoms with Gasteiger partial charge in [0.15, 0.2) is 0 Å². The molecular weight excluding hydrogens is 341 g/mol. The highest BCUT2D eigenvalue weighted by Crippen LogP contribution is 2.13. The molecule has 4 rings (SSSR count). The molecule has 0 N–H and O–H groups in total. The van der Waals surface area contributed by atoms with E-state index in [0.717, 1.165) is 5.56 Å². The Bertz CT molecular complexity index is 1180. The predicted molar refractivity (Wildman–Crippen MR) is 105 cm³/mol. The number of aromatic nitrogens is 3. The first-order chi connectivity index (χ1) is 13.2. The zero-order chi connectivity index (χ0) is 18.6. The molecule has 2 aromatic heterocycles. The molecule has 4 aromatic rings. The van der Waals surface area contributed by atoms with Crippen molar-refractivity contribution in [3.8, 4) is 0 Å². The maximum atomic E-state index is 13.6. The fourth-order valence-corrected chi connectivity index (χ4v) is 2.93. The van der Waals surface area contributed by atoms with Gasteiger partial charge in [-0.2, -0.15) is 0 Å². The number of fused-ring (bicyclic) bond motifs is 1. The lowest BCUT2D eigenvalue weighted by Crippen LogP contribution is -2.24. The van der Waals surface area contributed by atoms with E-state index in [4.69, 9.17) is 0 Å². The van der Waals surface area contributed by atoms with E-state index in [1.54, 1.807) is 41.2 Å². The topological polar surface area (TPSA) is 47.8 Å². The number of hydrogen-bond donors (Lipinski definition) is 0. The third-order valence-electron chi connectivity index (χ3n) is 4.23. The van der Waals surface area contributed by atoms with Gasteiger partial charge in [0.1, 0.15) is 11.6 Å². The van der Waals surface area contributed by atoms with Crippen LogP contribution in [0.2, 0.25) is 0 Å². The third kappa shape index (κ3) is 3.67. The Balaban J connectivity index is 1.85. The van der Waals surface area contributed by atoms with Crippen LogP contribution in [-0.2, 0) is 6.54 Å². The summed E-state index contributed by atoms with van der Waals surface area (Å²) >= 11 is 0. The Hall–Kier alpha value is -3.60. The molecule has 0 aliphatic carbocycles. The molecule has 0 bridgehead atoms. The quantitative estimate of drug-likeness (QED) is 0.551. The normalized spacial score (nSPS) is 11.3. The Labute approximate surface area is 155 Å². The van der Waals surface area contributed by atoms with Crippen molar-refractivity contribution in [2.45, 2.75) is 6.54 Å². The van der Waals surface area contributed by atoms with Crippen molar-refractivity contribution in [3.05, 3.63) is 106 Å². The second kappa shape index (κ2) is 7.33. The summed E-state index contributed by atoms with van der Waals surface area (Å²) in [6.45, 7) is 0.237. The zero-order valence-electron chi connectivity index (χ0n) is 14.4. The summed E-state index contributed by atoms with van der Waals surface area (Å²) < 4.78 is 15.1. The summed E-state index contributed by atoms with van der Waals surface area (Å²) in [4.78, 5) is 21.7. The number of halogens is 1. The highest BCUT2D eigenvalue weighted by molar-refractivity contribution is 5.79. The van der Waals surface area contributed by atoms with Crippen molar-refractivity contribution in [2.24, 2.45) is 0 Å². The van der Waals surface area contributed by atoms with E-state index >= 15 is 0 Å². The van der Waals surface area contributed by atoms with Crippen molar-refractivity contribution in [1.82, 2.24) is 14.5 Å². The van der Waals surface area contributed by atoms with Crippen LogP contribution < -0.4 is 5.56 Å². The maximum absolute atomic E-state index is 13.6. The minimum Gasteiger partial charge on any atom is -0.288 e. The highest BCUT2D eigenvalue weighted by Gasteiger charge is 2.10. The summed E-state index contributed by atoms with van der Waals surface area (Å²) in [6.07, 6.45) is 7.06. The van der Waals surface area contributed by atoms with Gasteiger partial charge in [-0.3, -0.25) is 14.3 Å². The minimum atomic E-state index is -0.332. The molecular formula is C22H16FN3O. The first kappa shape index (κ1) is 16.8. The predicted octanol–water partition coefficient (Wildman–Crippen LogP) is 4.15. The molecule has 2 heterocycles. The lowest BCUT2D eigenvalue weighted by Gasteiger charge is -2.11. The molecule has 27 heavy (non-hydrogen) atoms. The molecule has 0 atom stereocenters. The monoisotopic (exact) mass is 357 g/mol. The van der Waals surface area contributed by atoms with Gasteiger partial charge in [-0.1, -0.05) is 30.3 Å². The van der Waals surface area contributed by atoms with Gasteiger partial charge in [-0.25, -0.2) is 9.37 Å². The molecule has 0 amide bonds. The van der Waals surface area contributed by atoms with Crippen LogP contribution in [0.15, 0.2) is 77.9 Å². The van der Waals surface area contributed by atoms with Crippen LogP contribution in [0.4, 0.5) is 4.39 Å². The Morgan fingerprint density at radius 3 is 2.70 bits per heavy atom. The van der Waals surface area contributed by atoms with Gasteiger partial charge < -0.3 is 0 Å². The van der Waals surface area contributed by atoms with E-state index in [9.17, 15) is 9.18 Å². The number of hydrogen-bond acceptors (Lipinski definition) is 3. The van der Waals surface area contributed by atoms with Crippen molar-refractivity contribution >= 4 is 23.1 Å². The van der Waals surface area contributed by atoms with Crippen molar-refractivity contribution in [1.29, 1.82) is 0 Å². The van der Waals surface area contributed by atoms with Gasteiger partial charge in [0.25, 0.3) is 5.56 Å². The first-order valence-electron chi connectivity index (χ1n) is 8.53. The molecule has 2 aromatic carbocycles. The molecule has 0 spiro atoms. The van der Waals surface area contributed by atoms with Gasteiger partial charge in [-0.15, -0.1) is 0 Å². The Morgan fingerprint density at radius 2 is 1.89 bits per heavy atom. The zero-order valence-corrected chi connectivity index (χ0v) is 14.4. The fourth-order valence-electron chi connectivity index (χ4n) is 2.93. The van der Waals surface area contributed by atoms with Crippen molar-refractivity contribution in [2.75, 3.05) is 0 Å². The Morgan fingerprint density at radius 1 is 1.00 bits per heavy atom. The van der Waals surface area contributed by atoms with Gasteiger partial charge in [0.2, 0.25) is 0 Å². The lowest BCUT2D eigenvalue weighted by atomic mass is 10.2. The lowest BCUT2D eigenvalue weighted by molar-refractivity contribution is 0.622. The van der Waals surface area contributed by atoms with Crippen LogP contribution in [0.3, 0.4) is 0 Å². The molecule has 5 heteroatoms. The van der Waals surface area contributed by atoms with Crippen LogP contribution >= 0.6 is 0 Å². The van der Waals surface area contributed by atoms with Crippen LogP contribution in [0, 0.1) is 5.82 Å². The smallest absolute Gasteiger partial charge is 0.261 e. The minimum absolute atomic E-state index is 0.157. The Kier molecular flexibility index (Phi) is 4.58. The van der Waals surface area contributed by atoms with E-state index in [0.29, 0.717) is 22.3 Å². The van der Waals surface area contributed by atoms with Gasteiger partial charge >= 0.3 is 0 Å².